The smallest absolute Gasteiger partial charge is 0.296 e. The summed E-state index contributed by atoms with van der Waals surface area (Å²) in [6, 6.07) is 14.7. The number of anilines is 1. The van der Waals surface area contributed by atoms with Gasteiger partial charge in [-0.25, -0.2) is 0 Å². The number of benzene rings is 3. The van der Waals surface area contributed by atoms with Crippen LogP contribution in [0.5, 0.6) is 5.75 Å². The van der Waals surface area contributed by atoms with Gasteiger partial charge in [-0.1, -0.05) is 6.07 Å². The zero-order valence-electron chi connectivity index (χ0n) is 19.4. The minimum atomic E-state index is -0.515. The van der Waals surface area contributed by atoms with Gasteiger partial charge in [0.2, 0.25) is 0 Å². The van der Waals surface area contributed by atoms with Gasteiger partial charge < -0.3 is 20.2 Å². The van der Waals surface area contributed by atoms with Gasteiger partial charge in [-0.15, -0.1) is 15.3 Å². The van der Waals surface area contributed by atoms with Crippen molar-refractivity contribution >= 4 is 34.1 Å². The molecule has 0 atom stereocenters. The van der Waals surface area contributed by atoms with Gasteiger partial charge in [0.05, 0.1) is 29.5 Å². The highest BCUT2D eigenvalue weighted by Crippen LogP contribution is 2.37. The van der Waals surface area contributed by atoms with Crippen LogP contribution >= 0.6 is 0 Å². The van der Waals surface area contributed by atoms with Crippen LogP contribution in [0.25, 0.3) is 0 Å². The van der Waals surface area contributed by atoms with Crippen molar-refractivity contribution in [2.45, 2.75) is 13.8 Å². The molecule has 0 fully saturated rings. The van der Waals surface area contributed by atoms with E-state index >= 15 is 0 Å². The Bertz CT molecular complexity index is 1240. The van der Waals surface area contributed by atoms with Crippen LogP contribution in [0.15, 0.2) is 75.1 Å². The van der Waals surface area contributed by atoms with Crippen LogP contribution in [-0.2, 0) is 0 Å². The topological polar surface area (TPSA) is 157 Å². The number of azo groups is 2. The van der Waals surface area contributed by atoms with Crippen LogP contribution in [0.3, 0.4) is 0 Å². The third kappa shape index (κ3) is 6.65. The molecule has 3 aromatic carbocycles. The molecule has 3 aromatic rings. The molecule has 0 unspecified atom stereocenters. The Hall–Kier alpha value is -4.22. The number of nitrogens with zero attached hydrogens (tertiary/aromatic N) is 6. The normalized spacial score (nSPS) is 11.4. The molecule has 0 saturated heterocycles. The van der Waals surface area contributed by atoms with Crippen LogP contribution in [0.4, 0.5) is 34.1 Å². The number of aryl methyl sites for hydroxylation is 2. The van der Waals surface area contributed by atoms with Crippen LogP contribution in [-0.4, -0.2) is 46.5 Å². The molecule has 0 bridgehead atoms. The zero-order chi connectivity index (χ0) is 25.4. The number of aromatic hydroxyl groups is 1. The van der Waals surface area contributed by atoms with Gasteiger partial charge in [-0.05, 0) is 61.4 Å². The second-order valence-corrected chi connectivity index (χ2v) is 7.73. The molecule has 0 spiro atoms. The maximum Gasteiger partial charge on any atom is 0.296 e. The van der Waals surface area contributed by atoms with Gasteiger partial charge in [-0.2, -0.15) is 5.11 Å². The molecule has 11 nitrogen and oxygen atoms in total. The number of nitro groups is 1. The molecule has 0 amide bonds. The van der Waals surface area contributed by atoms with Crippen molar-refractivity contribution in [1.29, 1.82) is 0 Å². The van der Waals surface area contributed by atoms with Crippen molar-refractivity contribution in [3.05, 3.63) is 75.8 Å². The third-order valence-electron chi connectivity index (χ3n) is 5.11. The highest BCUT2D eigenvalue weighted by atomic mass is 16.6. The first-order valence-electron chi connectivity index (χ1n) is 10.8. The third-order valence-corrected chi connectivity index (χ3v) is 5.11. The predicted octanol–water partition coefficient (Wildman–Crippen LogP) is 5.54. The Kier molecular flexibility index (Phi) is 8.54. The average molecular weight is 479 g/mol. The van der Waals surface area contributed by atoms with Crippen LogP contribution in [0.1, 0.15) is 11.1 Å². The van der Waals surface area contributed by atoms with E-state index in [4.69, 9.17) is 0 Å². The summed E-state index contributed by atoms with van der Waals surface area (Å²) in [4.78, 5) is 12.6. The Morgan fingerprint density at radius 1 is 0.829 bits per heavy atom. The maximum atomic E-state index is 11.3. The van der Waals surface area contributed by atoms with Crippen molar-refractivity contribution in [3.63, 3.8) is 0 Å². The molecule has 0 aliphatic carbocycles. The van der Waals surface area contributed by atoms with Crippen molar-refractivity contribution in [1.82, 2.24) is 0 Å². The minimum absolute atomic E-state index is 0.0302. The summed E-state index contributed by atoms with van der Waals surface area (Å²) in [6.45, 7) is 4.24. The van der Waals surface area contributed by atoms with Crippen LogP contribution < -0.4 is 4.90 Å². The summed E-state index contributed by atoms with van der Waals surface area (Å²) < 4.78 is 0. The number of hydrogen-bond donors (Lipinski definition) is 3. The maximum absolute atomic E-state index is 11.3. The summed E-state index contributed by atoms with van der Waals surface area (Å²) in [7, 11) is 0. The Morgan fingerprint density at radius 3 is 2.09 bits per heavy atom. The fourth-order valence-electron chi connectivity index (χ4n) is 3.28. The van der Waals surface area contributed by atoms with E-state index in [0.29, 0.717) is 30.0 Å². The fraction of sp³-hybridized carbons (Fsp3) is 0.250. The van der Waals surface area contributed by atoms with E-state index < -0.39 is 4.92 Å². The molecule has 35 heavy (non-hydrogen) atoms. The van der Waals surface area contributed by atoms with E-state index in [0.717, 1.165) is 11.3 Å². The monoisotopic (exact) mass is 478 g/mol. The summed E-state index contributed by atoms with van der Waals surface area (Å²) >= 11 is 0. The van der Waals surface area contributed by atoms with Gasteiger partial charge in [0, 0.05) is 30.9 Å². The molecule has 0 radical (unpaired) electrons. The van der Waals surface area contributed by atoms with E-state index in [2.05, 4.69) is 20.5 Å². The molecule has 0 aliphatic heterocycles. The number of rotatable bonds is 10. The van der Waals surface area contributed by atoms with Gasteiger partial charge in [0.1, 0.15) is 11.4 Å². The lowest BCUT2D eigenvalue weighted by Gasteiger charge is -2.22. The number of nitro benzene ring substituents is 1. The lowest BCUT2D eigenvalue weighted by Crippen LogP contribution is -2.29. The second kappa shape index (κ2) is 11.8. The molecule has 11 heteroatoms. The van der Waals surface area contributed by atoms with E-state index in [-0.39, 0.29) is 36.0 Å². The predicted molar refractivity (Wildman–Crippen MR) is 132 cm³/mol. The van der Waals surface area contributed by atoms with Crippen molar-refractivity contribution in [2.75, 3.05) is 31.2 Å². The van der Waals surface area contributed by atoms with Gasteiger partial charge in [0.25, 0.3) is 5.69 Å². The summed E-state index contributed by atoms with van der Waals surface area (Å²) in [5.41, 5.74) is 3.30. The Balaban J connectivity index is 1.78. The molecule has 0 aromatic heterocycles. The van der Waals surface area contributed by atoms with E-state index in [1.165, 1.54) is 18.2 Å². The molecule has 0 saturated carbocycles. The number of aliphatic hydroxyl groups excluding tert-OH is 2. The summed E-state index contributed by atoms with van der Waals surface area (Å²) in [6.07, 6.45) is 0. The lowest BCUT2D eigenvalue weighted by molar-refractivity contribution is -0.384. The van der Waals surface area contributed by atoms with Gasteiger partial charge in [0.15, 0.2) is 5.69 Å². The Labute approximate surface area is 201 Å². The molecular formula is C24H26N6O5. The molecule has 182 valence electrons. The standard InChI is InChI=1S/C24H26N6O5/c1-16-3-8-20(23(13-16)30(34)35)26-27-21-15-24(33)22(14-17(21)2)28-25-18-4-6-19(7-5-18)29(9-11-31)10-12-32/h3-8,13-15,31-33H,9-12H2,1-2H3/b27-26+,28-25+. The quantitative estimate of drug-likeness (QED) is 0.197. The number of aliphatic hydroxyl groups is 2. The molecule has 3 rings (SSSR count). The van der Waals surface area contributed by atoms with Gasteiger partial charge in [-0.3, -0.25) is 10.1 Å². The second-order valence-electron chi connectivity index (χ2n) is 7.73. The highest BCUT2D eigenvalue weighted by Gasteiger charge is 2.14. The zero-order valence-corrected chi connectivity index (χ0v) is 19.4. The average Bonchev–Trinajstić information content (AvgIpc) is 2.84. The summed E-state index contributed by atoms with van der Waals surface area (Å²) in [5.74, 6) is -0.166. The van der Waals surface area contributed by atoms with Gasteiger partial charge >= 0.3 is 0 Å². The van der Waals surface area contributed by atoms with Crippen molar-refractivity contribution < 1.29 is 20.2 Å². The molecular weight excluding hydrogens is 452 g/mol. The van der Waals surface area contributed by atoms with E-state index in [9.17, 15) is 25.4 Å². The van der Waals surface area contributed by atoms with Crippen molar-refractivity contribution in [2.24, 2.45) is 20.5 Å². The molecule has 0 heterocycles. The molecule has 3 N–H and O–H groups in total. The lowest BCUT2D eigenvalue weighted by atomic mass is 10.1. The largest absolute Gasteiger partial charge is 0.506 e. The Morgan fingerprint density at radius 2 is 1.46 bits per heavy atom. The summed E-state index contributed by atoms with van der Waals surface area (Å²) in [5, 5.41) is 56.3. The van der Waals surface area contributed by atoms with E-state index in [1.54, 1.807) is 50.2 Å². The first-order valence-corrected chi connectivity index (χ1v) is 10.8. The first kappa shape index (κ1) is 25.4. The van der Waals surface area contributed by atoms with Crippen LogP contribution in [0.2, 0.25) is 0 Å². The fourth-order valence-corrected chi connectivity index (χ4v) is 3.28. The highest BCUT2D eigenvalue weighted by molar-refractivity contribution is 5.63. The number of phenols is 1. The number of phenolic OH excluding ortho intramolecular Hbond substituents is 1. The van der Waals surface area contributed by atoms with Crippen LogP contribution in [0, 0.1) is 24.0 Å². The minimum Gasteiger partial charge on any atom is -0.506 e. The molecule has 0 aliphatic rings. The number of hydrogen-bond acceptors (Lipinski definition) is 10. The first-order chi connectivity index (χ1) is 16.8. The van der Waals surface area contributed by atoms with Crippen molar-refractivity contribution in [3.8, 4) is 5.75 Å². The van der Waals surface area contributed by atoms with E-state index in [1.807, 2.05) is 4.90 Å². The SMILES string of the molecule is Cc1ccc(/N=N/c2cc(O)c(/N=N/c3ccc(N(CCO)CCO)cc3)cc2C)c([N+](=O)[O-])c1.